The van der Waals surface area contributed by atoms with Gasteiger partial charge >= 0.3 is 5.97 Å². The average Bonchev–Trinajstić information content (AvgIpc) is 2.89. The minimum Gasteiger partial charge on any atom is -0.467 e. The van der Waals surface area contributed by atoms with Crippen LogP contribution in [0.1, 0.15) is 17.2 Å². The molecule has 0 fully saturated rings. The zero-order chi connectivity index (χ0) is 13.0. The second-order valence-electron chi connectivity index (χ2n) is 4.03. The molecule has 1 aromatic carbocycles. The molecule has 1 atom stereocenters. The summed E-state index contributed by atoms with van der Waals surface area (Å²) in [6, 6.07) is 9.39. The Hall–Kier alpha value is -1.81. The molecule has 94 valence electrons. The molecular formula is C14H15NO2S. The summed E-state index contributed by atoms with van der Waals surface area (Å²) in [6.07, 6.45) is 0. The largest absolute Gasteiger partial charge is 0.467 e. The Balaban J connectivity index is 2.23. The summed E-state index contributed by atoms with van der Waals surface area (Å²) in [6.45, 7) is 2.02. The lowest BCUT2D eigenvalue weighted by molar-refractivity contribution is -0.141. The molecule has 1 unspecified atom stereocenters. The molecule has 0 aliphatic carbocycles. The van der Waals surface area contributed by atoms with Gasteiger partial charge in [-0.25, -0.2) is 4.79 Å². The Morgan fingerprint density at radius 1 is 1.39 bits per heavy atom. The quantitative estimate of drug-likeness (QED) is 0.857. The second-order valence-corrected chi connectivity index (χ2v) is 4.81. The molecule has 2 aromatic rings. The van der Waals surface area contributed by atoms with Gasteiger partial charge in [-0.2, -0.15) is 11.3 Å². The summed E-state index contributed by atoms with van der Waals surface area (Å²) in [5.41, 5.74) is 2.99. The lowest BCUT2D eigenvalue weighted by atomic mass is 10.1. The van der Waals surface area contributed by atoms with Gasteiger partial charge in [0.05, 0.1) is 7.11 Å². The van der Waals surface area contributed by atoms with E-state index in [4.69, 9.17) is 4.74 Å². The van der Waals surface area contributed by atoms with Crippen LogP contribution >= 0.6 is 11.3 Å². The summed E-state index contributed by atoms with van der Waals surface area (Å²) < 4.78 is 4.84. The molecule has 0 amide bonds. The van der Waals surface area contributed by atoms with Crippen LogP contribution < -0.4 is 5.32 Å². The first-order chi connectivity index (χ1) is 8.70. The van der Waals surface area contributed by atoms with Crippen LogP contribution in [0.2, 0.25) is 0 Å². The Labute approximate surface area is 110 Å². The van der Waals surface area contributed by atoms with E-state index in [1.165, 1.54) is 7.11 Å². The van der Waals surface area contributed by atoms with Gasteiger partial charge in [0.2, 0.25) is 0 Å². The van der Waals surface area contributed by atoms with Crippen LogP contribution in [0.5, 0.6) is 0 Å². The van der Waals surface area contributed by atoms with Crippen LogP contribution in [-0.4, -0.2) is 13.1 Å². The van der Waals surface area contributed by atoms with Crippen molar-refractivity contribution in [2.75, 3.05) is 12.4 Å². The number of hydrogen-bond acceptors (Lipinski definition) is 4. The molecule has 1 heterocycles. The van der Waals surface area contributed by atoms with Crippen molar-refractivity contribution in [3.63, 3.8) is 0 Å². The van der Waals surface area contributed by atoms with Crippen molar-refractivity contribution < 1.29 is 9.53 Å². The number of methoxy groups -OCH3 is 1. The summed E-state index contributed by atoms with van der Waals surface area (Å²) in [5, 5.41) is 7.10. The van der Waals surface area contributed by atoms with Crippen LogP contribution in [-0.2, 0) is 9.53 Å². The summed E-state index contributed by atoms with van der Waals surface area (Å²) in [4.78, 5) is 11.8. The van der Waals surface area contributed by atoms with E-state index in [0.29, 0.717) is 0 Å². The summed E-state index contributed by atoms with van der Waals surface area (Å²) >= 11 is 1.56. The van der Waals surface area contributed by atoms with Gasteiger partial charge in [-0.1, -0.05) is 12.1 Å². The molecule has 3 nitrogen and oxygen atoms in total. The molecule has 2 rings (SSSR count). The molecule has 18 heavy (non-hydrogen) atoms. The fraction of sp³-hybridized carbons (Fsp3) is 0.214. The predicted octanol–water partition coefficient (Wildman–Crippen LogP) is 3.38. The Bertz CT molecular complexity index is 522. The van der Waals surface area contributed by atoms with Crippen molar-refractivity contribution in [3.8, 4) is 0 Å². The van der Waals surface area contributed by atoms with Gasteiger partial charge in [0, 0.05) is 5.69 Å². The maximum atomic E-state index is 11.8. The van der Waals surface area contributed by atoms with Gasteiger partial charge < -0.3 is 10.1 Å². The highest BCUT2D eigenvalue weighted by Crippen LogP contribution is 2.23. The maximum Gasteiger partial charge on any atom is 0.333 e. The topological polar surface area (TPSA) is 38.3 Å². The minimum atomic E-state index is -0.456. The number of carbonyl (C=O) groups excluding carboxylic acids is 1. The van der Waals surface area contributed by atoms with Crippen molar-refractivity contribution in [3.05, 3.63) is 52.2 Å². The van der Waals surface area contributed by atoms with Crippen molar-refractivity contribution in [2.24, 2.45) is 0 Å². The molecule has 0 radical (unpaired) electrons. The van der Waals surface area contributed by atoms with Gasteiger partial charge in [-0.3, -0.25) is 0 Å². The van der Waals surface area contributed by atoms with Crippen LogP contribution in [0, 0.1) is 6.92 Å². The van der Waals surface area contributed by atoms with E-state index < -0.39 is 6.04 Å². The van der Waals surface area contributed by atoms with Crippen molar-refractivity contribution in [1.82, 2.24) is 0 Å². The van der Waals surface area contributed by atoms with E-state index in [-0.39, 0.29) is 5.97 Å². The monoisotopic (exact) mass is 261 g/mol. The lowest BCUT2D eigenvalue weighted by Gasteiger charge is -2.17. The van der Waals surface area contributed by atoms with E-state index in [2.05, 4.69) is 5.32 Å². The zero-order valence-electron chi connectivity index (χ0n) is 10.3. The van der Waals surface area contributed by atoms with Crippen LogP contribution in [0.15, 0.2) is 41.1 Å². The van der Waals surface area contributed by atoms with E-state index in [0.717, 1.165) is 16.8 Å². The molecule has 0 saturated heterocycles. The van der Waals surface area contributed by atoms with E-state index in [1.807, 2.05) is 48.0 Å². The third-order valence-electron chi connectivity index (χ3n) is 2.64. The third-order valence-corrected chi connectivity index (χ3v) is 3.34. The Morgan fingerprint density at radius 3 is 2.83 bits per heavy atom. The number of thiophene rings is 1. The van der Waals surface area contributed by atoms with Gasteiger partial charge in [-0.15, -0.1) is 0 Å². The highest BCUT2D eigenvalue weighted by molar-refractivity contribution is 7.08. The summed E-state index contributed by atoms with van der Waals surface area (Å²) in [5.74, 6) is -0.282. The molecule has 0 spiro atoms. The molecule has 1 N–H and O–H groups in total. The second kappa shape index (κ2) is 5.69. The number of benzene rings is 1. The van der Waals surface area contributed by atoms with Gasteiger partial charge in [0.25, 0.3) is 0 Å². The SMILES string of the molecule is COC(=O)C(Nc1cccc(C)c1)c1ccsc1. The number of anilines is 1. The highest BCUT2D eigenvalue weighted by atomic mass is 32.1. The first-order valence-electron chi connectivity index (χ1n) is 5.64. The van der Waals surface area contributed by atoms with E-state index in [1.54, 1.807) is 11.3 Å². The fourth-order valence-electron chi connectivity index (χ4n) is 1.74. The highest BCUT2D eigenvalue weighted by Gasteiger charge is 2.21. The summed E-state index contributed by atoms with van der Waals surface area (Å²) in [7, 11) is 1.40. The van der Waals surface area contributed by atoms with Crippen LogP contribution in [0.25, 0.3) is 0 Å². The molecule has 1 aromatic heterocycles. The number of hydrogen-bond donors (Lipinski definition) is 1. The minimum absolute atomic E-state index is 0.282. The average molecular weight is 261 g/mol. The maximum absolute atomic E-state index is 11.8. The van der Waals surface area contributed by atoms with Crippen molar-refractivity contribution >= 4 is 23.0 Å². The Morgan fingerprint density at radius 2 is 2.22 bits per heavy atom. The number of ether oxygens (including phenoxy) is 1. The first kappa shape index (κ1) is 12.6. The van der Waals surface area contributed by atoms with Gasteiger partial charge in [-0.05, 0) is 47.0 Å². The van der Waals surface area contributed by atoms with Gasteiger partial charge in [0.15, 0.2) is 6.04 Å². The zero-order valence-corrected chi connectivity index (χ0v) is 11.2. The molecule has 0 saturated carbocycles. The molecule has 4 heteroatoms. The van der Waals surface area contributed by atoms with Crippen LogP contribution in [0.3, 0.4) is 0 Å². The number of carbonyl (C=O) groups is 1. The smallest absolute Gasteiger partial charge is 0.333 e. The van der Waals surface area contributed by atoms with Crippen molar-refractivity contribution in [2.45, 2.75) is 13.0 Å². The normalized spacial score (nSPS) is 11.9. The number of esters is 1. The number of nitrogens with one attached hydrogen (secondary N) is 1. The first-order valence-corrected chi connectivity index (χ1v) is 6.58. The molecule has 0 aliphatic rings. The van der Waals surface area contributed by atoms with Gasteiger partial charge in [0.1, 0.15) is 0 Å². The van der Waals surface area contributed by atoms with Crippen LogP contribution in [0.4, 0.5) is 5.69 Å². The Kier molecular flexibility index (Phi) is 3.99. The lowest BCUT2D eigenvalue weighted by Crippen LogP contribution is -2.21. The number of aryl methyl sites for hydroxylation is 1. The third kappa shape index (κ3) is 2.90. The van der Waals surface area contributed by atoms with E-state index in [9.17, 15) is 4.79 Å². The fourth-order valence-corrected chi connectivity index (χ4v) is 2.42. The molecule has 0 bridgehead atoms. The predicted molar refractivity (Wildman–Crippen MR) is 73.9 cm³/mol. The van der Waals surface area contributed by atoms with Crippen molar-refractivity contribution in [1.29, 1.82) is 0 Å². The molecular weight excluding hydrogens is 246 g/mol. The standard InChI is InChI=1S/C14H15NO2S/c1-10-4-3-5-12(8-10)15-13(14(16)17-2)11-6-7-18-9-11/h3-9,13,15H,1-2H3. The molecule has 0 aliphatic heterocycles. The number of rotatable bonds is 4. The van der Waals surface area contributed by atoms with E-state index >= 15 is 0 Å².